The molecule has 3 aromatic rings. The molecule has 0 spiro atoms. The number of nitrogens with zero attached hydrogens (tertiary/aromatic N) is 3. The van der Waals surface area contributed by atoms with Crippen LogP contribution in [0.2, 0.25) is 0 Å². The van der Waals surface area contributed by atoms with Gasteiger partial charge in [-0.1, -0.05) is 12.1 Å². The van der Waals surface area contributed by atoms with Crippen molar-refractivity contribution < 1.29 is 18.7 Å². The van der Waals surface area contributed by atoms with Crippen LogP contribution in [0.25, 0.3) is 5.69 Å². The predicted octanol–water partition coefficient (Wildman–Crippen LogP) is 2.45. The van der Waals surface area contributed by atoms with Crippen molar-refractivity contribution in [2.45, 2.75) is 0 Å². The third-order valence-electron chi connectivity index (χ3n) is 3.27. The minimum Gasteiger partial charge on any atom is -0.454 e. The fourth-order valence-corrected chi connectivity index (χ4v) is 2.05. The highest BCUT2D eigenvalue weighted by molar-refractivity contribution is 5.99. The number of carbonyl (C=O) groups excluding carboxylic acids is 2. The van der Waals surface area contributed by atoms with Crippen LogP contribution in [0.3, 0.4) is 0 Å². The number of Topliss-reactive ketones (excluding diaryl/α,β-unsaturated/α-hetero) is 1. The average Bonchev–Trinajstić information content (AvgIpc) is 3.14. The first-order valence-corrected chi connectivity index (χ1v) is 7.04. The summed E-state index contributed by atoms with van der Waals surface area (Å²) < 4.78 is 19.6. The number of esters is 1. The first-order chi connectivity index (χ1) is 11.6. The third-order valence-corrected chi connectivity index (χ3v) is 3.27. The molecule has 0 N–H and O–H groups in total. The van der Waals surface area contributed by atoms with E-state index in [1.807, 2.05) is 0 Å². The lowest BCUT2D eigenvalue weighted by atomic mass is 10.1. The van der Waals surface area contributed by atoms with Crippen molar-refractivity contribution in [1.29, 1.82) is 0 Å². The number of rotatable bonds is 5. The van der Waals surface area contributed by atoms with Crippen LogP contribution in [0.15, 0.2) is 61.2 Å². The largest absolute Gasteiger partial charge is 0.454 e. The molecule has 1 heterocycles. The Kier molecular flexibility index (Phi) is 4.42. The van der Waals surface area contributed by atoms with Crippen LogP contribution in [0.5, 0.6) is 0 Å². The second-order valence-electron chi connectivity index (χ2n) is 4.90. The van der Waals surface area contributed by atoms with Crippen molar-refractivity contribution in [3.63, 3.8) is 0 Å². The van der Waals surface area contributed by atoms with Crippen molar-refractivity contribution in [1.82, 2.24) is 14.8 Å². The maximum absolute atomic E-state index is 13.1. The Labute approximate surface area is 136 Å². The van der Waals surface area contributed by atoms with Gasteiger partial charge in [-0.3, -0.25) is 4.79 Å². The van der Waals surface area contributed by atoms with E-state index in [1.54, 1.807) is 28.9 Å². The number of hydrogen-bond acceptors (Lipinski definition) is 5. The smallest absolute Gasteiger partial charge is 0.338 e. The van der Waals surface area contributed by atoms with Crippen LogP contribution in [0, 0.1) is 5.82 Å². The van der Waals surface area contributed by atoms with Gasteiger partial charge in [0, 0.05) is 5.56 Å². The van der Waals surface area contributed by atoms with Gasteiger partial charge in [0.05, 0.1) is 11.3 Å². The van der Waals surface area contributed by atoms with Gasteiger partial charge < -0.3 is 4.74 Å². The van der Waals surface area contributed by atoms with Crippen molar-refractivity contribution in [3.8, 4) is 5.69 Å². The Morgan fingerprint density at radius 1 is 1.08 bits per heavy atom. The molecule has 0 unspecified atom stereocenters. The van der Waals surface area contributed by atoms with Gasteiger partial charge in [0.25, 0.3) is 0 Å². The van der Waals surface area contributed by atoms with E-state index in [0.717, 1.165) is 11.8 Å². The molecule has 0 amide bonds. The summed E-state index contributed by atoms with van der Waals surface area (Å²) in [7, 11) is 0. The molecule has 0 aliphatic rings. The number of ketones is 1. The van der Waals surface area contributed by atoms with E-state index in [2.05, 4.69) is 10.1 Å². The highest BCUT2D eigenvalue weighted by atomic mass is 19.1. The third kappa shape index (κ3) is 3.52. The summed E-state index contributed by atoms with van der Waals surface area (Å²) in [5.41, 5.74) is 1.19. The summed E-state index contributed by atoms with van der Waals surface area (Å²) in [6.07, 6.45) is 2.94. The normalized spacial score (nSPS) is 10.4. The van der Waals surface area contributed by atoms with Gasteiger partial charge in [-0.05, 0) is 36.4 Å². The van der Waals surface area contributed by atoms with E-state index in [0.29, 0.717) is 5.56 Å². The molecule has 0 saturated heterocycles. The van der Waals surface area contributed by atoms with Crippen LogP contribution in [-0.2, 0) is 4.74 Å². The molecule has 0 bridgehead atoms. The van der Waals surface area contributed by atoms with E-state index in [9.17, 15) is 14.0 Å². The molecule has 0 fully saturated rings. The number of ether oxygens (including phenoxy) is 1. The molecule has 3 rings (SSSR count). The molecule has 6 nitrogen and oxygen atoms in total. The average molecular weight is 325 g/mol. The van der Waals surface area contributed by atoms with Crippen LogP contribution in [0.1, 0.15) is 20.7 Å². The summed E-state index contributed by atoms with van der Waals surface area (Å²) in [5, 5.41) is 3.98. The van der Waals surface area contributed by atoms with Crippen molar-refractivity contribution in [3.05, 3.63) is 78.1 Å². The van der Waals surface area contributed by atoms with Crippen LogP contribution < -0.4 is 0 Å². The summed E-state index contributed by atoms with van der Waals surface area (Å²) in [4.78, 5) is 27.7. The number of carbonyl (C=O) groups is 2. The zero-order valence-electron chi connectivity index (χ0n) is 12.4. The van der Waals surface area contributed by atoms with Gasteiger partial charge in [0.1, 0.15) is 18.5 Å². The Morgan fingerprint density at radius 2 is 1.88 bits per heavy atom. The minimum atomic E-state index is -0.634. The molecule has 0 radical (unpaired) electrons. The molecular weight excluding hydrogens is 313 g/mol. The molecule has 0 aliphatic heterocycles. The second kappa shape index (κ2) is 6.82. The zero-order valence-corrected chi connectivity index (χ0v) is 12.4. The number of halogens is 1. The van der Waals surface area contributed by atoms with Gasteiger partial charge in [0.15, 0.2) is 12.4 Å². The van der Waals surface area contributed by atoms with Gasteiger partial charge >= 0.3 is 5.97 Å². The topological polar surface area (TPSA) is 74.1 Å². The van der Waals surface area contributed by atoms with E-state index in [1.165, 1.54) is 30.9 Å². The molecule has 1 aromatic heterocycles. The van der Waals surface area contributed by atoms with Crippen LogP contribution >= 0.6 is 0 Å². The molecular formula is C17H12FN3O3. The molecule has 0 aliphatic carbocycles. The first-order valence-electron chi connectivity index (χ1n) is 7.04. The van der Waals surface area contributed by atoms with Crippen LogP contribution in [-0.4, -0.2) is 33.1 Å². The Balaban J connectivity index is 1.62. The molecule has 2 aromatic carbocycles. The highest BCUT2D eigenvalue weighted by Gasteiger charge is 2.12. The monoisotopic (exact) mass is 325 g/mol. The minimum absolute atomic E-state index is 0.157. The zero-order chi connectivity index (χ0) is 16.9. The summed E-state index contributed by atoms with van der Waals surface area (Å²) in [6.45, 7) is -0.451. The number of hydrogen-bond donors (Lipinski definition) is 0. The summed E-state index contributed by atoms with van der Waals surface area (Å²) in [6, 6.07) is 11.7. The van der Waals surface area contributed by atoms with E-state index in [4.69, 9.17) is 4.74 Å². The SMILES string of the molecule is O=C(COC(=O)c1ccc(-n2cncn2)cc1)c1cccc(F)c1. The molecule has 120 valence electrons. The second-order valence-corrected chi connectivity index (χ2v) is 4.90. The maximum atomic E-state index is 13.1. The van der Waals surface area contributed by atoms with Crippen molar-refractivity contribution in [2.75, 3.05) is 6.61 Å². The first kappa shape index (κ1) is 15.5. The predicted molar refractivity (Wildman–Crippen MR) is 82.4 cm³/mol. The van der Waals surface area contributed by atoms with E-state index >= 15 is 0 Å². The fourth-order valence-electron chi connectivity index (χ4n) is 2.05. The standard InChI is InChI=1S/C17H12FN3O3/c18-14-3-1-2-13(8-14)16(22)9-24-17(23)12-4-6-15(7-5-12)21-11-19-10-20-21/h1-8,10-11H,9H2. The van der Waals surface area contributed by atoms with E-state index in [-0.39, 0.29) is 5.56 Å². The fraction of sp³-hybridized carbons (Fsp3) is 0.0588. The quantitative estimate of drug-likeness (QED) is 0.532. The molecule has 7 heteroatoms. The number of benzene rings is 2. The molecule has 0 atom stereocenters. The lowest BCUT2D eigenvalue weighted by Crippen LogP contribution is -2.14. The van der Waals surface area contributed by atoms with Crippen molar-refractivity contribution in [2.24, 2.45) is 0 Å². The Hall–Kier alpha value is -3.35. The van der Waals surface area contributed by atoms with Crippen molar-refractivity contribution >= 4 is 11.8 Å². The lowest BCUT2D eigenvalue weighted by molar-refractivity contribution is 0.0474. The summed E-state index contributed by atoms with van der Waals surface area (Å²) in [5.74, 6) is -1.62. The number of aromatic nitrogens is 3. The van der Waals surface area contributed by atoms with Gasteiger partial charge in [-0.25, -0.2) is 18.9 Å². The maximum Gasteiger partial charge on any atom is 0.338 e. The highest BCUT2D eigenvalue weighted by Crippen LogP contribution is 2.10. The van der Waals surface area contributed by atoms with E-state index < -0.39 is 24.2 Å². The molecule has 24 heavy (non-hydrogen) atoms. The summed E-state index contributed by atoms with van der Waals surface area (Å²) >= 11 is 0. The Bertz CT molecular complexity index is 861. The van der Waals surface area contributed by atoms with Gasteiger partial charge in [-0.2, -0.15) is 5.10 Å². The lowest BCUT2D eigenvalue weighted by Gasteiger charge is -2.06. The van der Waals surface area contributed by atoms with Gasteiger partial charge in [-0.15, -0.1) is 0 Å². The molecule has 0 saturated carbocycles. The Morgan fingerprint density at radius 3 is 2.54 bits per heavy atom. The van der Waals surface area contributed by atoms with Crippen LogP contribution in [0.4, 0.5) is 4.39 Å². The van der Waals surface area contributed by atoms with Gasteiger partial charge in [0.2, 0.25) is 0 Å².